The Bertz CT molecular complexity index is 681. The average molecular weight is 305 g/mol. The van der Waals surface area contributed by atoms with E-state index in [4.69, 9.17) is 0 Å². The fourth-order valence-electron chi connectivity index (χ4n) is 1.55. The monoisotopic (exact) mass is 305 g/mol. The summed E-state index contributed by atoms with van der Waals surface area (Å²) in [5.74, 6) is 0. The quantitative estimate of drug-likeness (QED) is 0.909. The van der Waals surface area contributed by atoms with Gasteiger partial charge in [0.2, 0.25) is 0 Å². The van der Waals surface area contributed by atoms with Crippen molar-refractivity contribution < 1.29 is 21.6 Å². The third-order valence-corrected chi connectivity index (χ3v) is 4.05. The molecule has 2 rings (SSSR count). The summed E-state index contributed by atoms with van der Waals surface area (Å²) in [5.41, 5.74) is -4.83. The van der Waals surface area contributed by atoms with Crippen molar-refractivity contribution in [3.63, 3.8) is 0 Å². The summed E-state index contributed by atoms with van der Waals surface area (Å²) >= 11 is 0. The largest absolute Gasteiger partial charge is 0.501 e. The van der Waals surface area contributed by atoms with Crippen LogP contribution in [-0.4, -0.2) is 24.1 Å². The van der Waals surface area contributed by atoms with E-state index in [-0.39, 0.29) is 12.2 Å². The number of H-pyrrole nitrogens is 1. The standard InChI is InChI=1S/C11H10F3N3O2S/c12-11(13,14)20(18,19)10-4-2-1-3-9(10)15-7-8-5-6-16-17-8/h1-6,15H,7H2,(H,16,17). The number of rotatable bonds is 4. The second-order valence-electron chi connectivity index (χ2n) is 3.88. The molecule has 108 valence electrons. The molecular formula is C11H10F3N3O2S. The first-order chi connectivity index (χ1) is 9.32. The molecule has 0 fully saturated rings. The average Bonchev–Trinajstić information content (AvgIpc) is 2.88. The first-order valence-electron chi connectivity index (χ1n) is 5.45. The molecular weight excluding hydrogens is 295 g/mol. The summed E-state index contributed by atoms with van der Waals surface area (Å²) in [6, 6.07) is 6.49. The van der Waals surface area contributed by atoms with Crippen LogP contribution in [0.4, 0.5) is 18.9 Å². The highest BCUT2D eigenvalue weighted by molar-refractivity contribution is 7.92. The van der Waals surface area contributed by atoms with Gasteiger partial charge in [-0.25, -0.2) is 8.42 Å². The van der Waals surface area contributed by atoms with Crippen LogP contribution in [0.15, 0.2) is 41.4 Å². The van der Waals surface area contributed by atoms with Gasteiger partial charge in [-0.1, -0.05) is 12.1 Å². The van der Waals surface area contributed by atoms with Gasteiger partial charge < -0.3 is 5.32 Å². The maximum Gasteiger partial charge on any atom is 0.501 e. The SMILES string of the molecule is O=S(=O)(c1ccccc1NCc1ccn[nH]1)C(F)(F)F. The van der Waals surface area contributed by atoms with Crippen molar-refractivity contribution in [2.45, 2.75) is 16.9 Å². The first-order valence-corrected chi connectivity index (χ1v) is 6.93. The van der Waals surface area contributed by atoms with Gasteiger partial charge in [0.1, 0.15) is 0 Å². The summed E-state index contributed by atoms with van der Waals surface area (Å²) < 4.78 is 60.6. The maximum absolute atomic E-state index is 12.6. The number of benzene rings is 1. The fraction of sp³-hybridized carbons (Fsp3) is 0.182. The van der Waals surface area contributed by atoms with Crippen molar-refractivity contribution in [3.05, 3.63) is 42.2 Å². The molecule has 0 aliphatic heterocycles. The lowest BCUT2D eigenvalue weighted by Gasteiger charge is -2.13. The van der Waals surface area contributed by atoms with Gasteiger partial charge >= 0.3 is 5.51 Å². The van der Waals surface area contributed by atoms with Gasteiger partial charge in [0.15, 0.2) is 0 Å². The van der Waals surface area contributed by atoms with Crippen molar-refractivity contribution >= 4 is 15.5 Å². The van der Waals surface area contributed by atoms with Crippen LogP contribution >= 0.6 is 0 Å². The number of halogens is 3. The van der Waals surface area contributed by atoms with Crippen molar-refractivity contribution in [3.8, 4) is 0 Å². The predicted octanol–water partition coefficient (Wildman–Crippen LogP) is 2.32. The van der Waals surface area contributed by atoms with E-state index >= 15 is 0 Å². The minimum atomic E-state index is -5.39. The molecule has 1 aromatic carbocycles. The lowest BCUT2D eigenvalue weighted by Crippen LogP contribution is -2.24. The van der Waals surface area contributed by atoms with E-state index in [1.165, 1.54) is 24.4 Å². The van der Waals surface area contributed by atoms with Crippen LogP contribution in [0.3, 0.4) is 0 Å². The van der Waals surface area contributed by atoms with Gasteiger partial charge in [0.25, 0.3) is 9.84 Å². The molecule has 2 aromatic rings. The van der Waals surface area contributed by atoms with E-state index in [9.17, 15) is 21.6 Å². The molecule has 0 aliphatic rings. The van der Waals surface area contributed by atoms with Crippen molar-refractivity contribution in [1.82, 2.24) is 10.2 Å². The Kier molecular flexibility index (Phi) is 3.71. The van der Waals surface area contributed by atoms with Crippen LogP contribution in [0.1, 0.15) is 5.69 Å². The molecule has 0 saturated heterocycles. The highest BCUT2D eigenvalue weighted by Crippen LogP contribution is 2.34. The zero-order chi connectivity index (χ0) is 14.8. The van der Waals surface area contributed by atoms with Gasteiger partial charge in [0, 0.05) is 6.20 Å². The Morgan fingerprint density at radius 1 is 1.20 bits per heavy atom. The van der Waals surface area contributed by atoms with E-state index in [2.05, 4.69) is 15.5 Å². The number of hydrogen-bond acceptors (Lipinski definition) is 4. The second-order valence-corrected chi connectivity index (χ2v) is 5.79. The number of aromatic amines is 1. The molecule has 0 atom stereocenters. The fourth-order valence-corrected chi connectivity index (χ4v) is 2.48. The van der Waals surface area contributed by atoms with E-state index < -0.39 is 20.2 Å². The van der Waals surface area contributed by atoms with E-state index in [0.29, 0.717) is 5.69 Å². The molecule has 0 bridgehead atoms. The predicted molar refractivity (Wildman–Crippen MR) is 65.6 cm³/mol. The Labute approximate surface area is 112 Å². The third-order valence-electron chi connectivity index (χ3n) is 2.51. The number of hydrogen-bond donors (Lipinski definition) is 2. The lowest BCUT2D eigenvalue weighted by molar-refractivity contribution is -0.0435. The van der Waals surface area contributed by atoms with E-state index in [1.54, 1.807) is 6.07 Å². The molecule has 0 spiro atoms. The Morgan fingerprint density at radius 3 is 2.50 bits per heavy atom. The molecule has 5 nitrogen and oxygen atoms in total. The normalized spacial score (nSPS) is 12.3. The first kappa shape index (κ1) is 14.4. The zero-order valence-electron chi connectivity index (χ0n) is 9.98. The van der Waals surface area contributed by atoms with Gasteiger partial charge in [-0.15, -0.1) is 0 Å². The van der Waals surface area contributed by atoms with Crippen LogP contribution in [0.5, 0.6) is 0 Å². The Morgan fingerprint density at radius 2 is 1.90 bits per heavy atom. The number of anilines is 1. The molecule has 2 N–H and O–H groups in total. The number of nitrogens with one attached hydrogen (secondary N) is 2. The molecule has 0 aliphatic carbocycles. The number of aromatic nitrogens is 2. The third kappa shape index (κ3) is 2.77. The summed E-state index contributed by atoms with van der Waals surface area (Å²) in [6.07, 6.45) is 1.48. The topological polar surface area (TPSA) is 74.8 Å². The minimum Gasteiger partial charge on any atom is -0.378 e. The van der Waals surface area contributed by atoms with Crippen LogP contribution < -0.4 is 5.32 Å². The van der Waals surface area contributed by atoms with Crippen molar-refractivity contribution in [1.29, 1.82) is 0 Å². The highest BCUT2D eigenvalue weighted by Gasteiger charge is 2.47. The summed E-state index contributed by atoms with van der Waals surface area (Å²) in [5, 5.41) is 8.94. The summed E-state index contributed by atoms with van der Waals surface area (Å²) in [7, 11) is -5.39. The smallest absolute Gasteiger partial charge is 0.378 e. The van der Waals surface area contributed by atoms with E-state index in [0.717, 1.165) is 6.07 Å². The van der Waals surface area contributed by atoms with Gasteiger partial charge in [0.05, 0.1) is 22.8 Å². The molecule has 0 amide bonds. The minimum absolute atomic E-state index is 0.112. The van der Waals surface area contributed by atoms with Gasteiger partial charge in [-0.3, -0.25) is 5.10 Å². The molecule has 20 heavy (non-hydrogen) atoms. The van der Waals surface area contributed by atoms with Crippen LogP contribution in [0.25, 0.3) is 0 Å². The van der Waals surface area contributed by atoms with Crippen LogP contribution in [0.2, 0.25) is 0 Å². The number of sulfone groups is 1. The van der Waals surface area contributed by atoms with Gasteiger partial charge in [-0.05, 0) is 18.2 Å². The van der Waals surface area contributed by atoms with Crippen molar-refractivity contribution in [2.75, 3.05) is 5.32 Å². The molecule has 1 heterocycles. The van der Waals surface area contributed by atoms with Gasteiger partial charge in [-0.2, -0.15) is 18.3 Å². The molecule has 0 saturated carbocycles. The molecule has 9 heteroatoms. The van der Waals surface area contributed by atoms with Crippen LogP contribution in [0, 0.1) is 0 Å². The molecule has 1 aromatic heterocycles. The lowest BCUT2D eigenvalue weighted by atomic mass is 10.3. The number of nitrogens with zero attached hydrogens (tertiary/aromatic N) is 1. The Balaban J connectivity index is 2.32. The summed E-state index contributed by atoms with van der Waals surface area (Å²) in [4.78, 5) is -0.799. The van der Waals surface area contributed by atoms with Crippen molar-refractivity contribution in [2.24, 2.45) is 0 Å². The number of alkyl halides is 3. The second kappa shape index (κ2) is 5.16. The highest BCUT2D eigenvalue weighted by atomic mass is 32.2. The molecule has 0 unspecified atom stereocenters. The van der Waals surface area contributed by atoms with E-state index in [1.807, 2.05) is 0 Å². The van der Waals surface area contributed by atoms with Crippen LogP contribution in [-0.2, 0) is 16.4 Å². The Hall–Kier alpha value is -2.03. The number of para-hydroxylation sites is 1. The zero-order valence-corrected chi connectivity index (χ0v) is 10.8. The maximum atomic E-state index is 12.6. The summed E-state index contributed by atoms with van der Waals surface area (Å²) in [6.45, 7) is 0.129. The molecule has 0 radical (unpaired) electrons.